The first kappa shape index (κ1) is 10.4. The van der Waals surface area contributed by atoms with Crippen molar-refractivity contribution in [3.8, 4) is 0 Å². The van der Waals surface area contributed by atoms with Crippen LogP contribution in [0.1, 0.15) is 5.82 Å². The molecule has 2 aromatic rings. The molecular formula is C8H9Cl2N5. The van der Waals surface area contributed by atoms with Crippen molar-refractivity contribution in [1.82, 2.24) is 19.9 Å². The summed E-state index contributed by atoms with van der Waals surface area (Å²) >= 11 is 11.5. The Morgan fingerprint density at radius 1 is 1.27 bits per heavy atom. The normalized spacial score (nSPS) is 10.9. The molecule has 0 aliphatic rings. The molecule has 0 amide bonds. The molecule has 0 aliphatic carbocycles. The van der Waals surface area contributed by atoms with Crippen molar-refractivity contribution < 1.29 is 0 Å². The number of H-pyrrole nitrogens is 1. The van der Waals surface area contributed by atoms with E-state index in [2.05, 4.69) is 19.9 Å². The first-order valence-electron chi connectivity index (χ1n) is 4.27. The van der Waals surface area contributed by atoms with Gasteiger partial charge in [-0.1, -0.05) is 0 Å². The molecule has 1 N–H and O–H groups in total. The number of imidazole rings is 1. The minimum absolute atomic E-state index is 0.191. The minimum Gasteiger partial charge on any atom is -0.361 e. The van der Waals surface area contributed by atoms with E-state index in [9.17, 15) is 0 Å². The zero-order valence-corrected chi connectivity index (χ0v) is 9.76. The zero-order chi connectivity index (χ0) is 11.0. The Morgan fingerprint density at radius 2 is 2.00 bits per heavy atom. The number of hydrogen-bond donors (Lipinski definition) is 1. The summed E-state index contributed by atoms with van der Waals surface area (Å²) in [6.07, 6.45) is 0. The predicted molar refractivity (Wildman–Crippen MR) is 60.6 cm³/mol. The fourth-order valence-electron chi connectivity index (χ4n) is 1.28. The number of nitrogens with one attached hydrogen (secondary N) is 1. The van der Waals surface area contributed by atoms with E-state index < -0.39 is 0 Å². The zero-order valence-electron chi connectivity index (χ0n) is 8.25. The van der Waals surface area contributed by atoms with Gasteiger partial charge in [-0.3, -0.25) is 0 Å². The van der Waals surface area contributed by atoms with Crippen molar-refractivity contribution in [1.29, 1.82) is 0 Å². The highest BCUT2D eigenvalue weighted by atomic mass is 35.5. The lowest BCUT2D eigenvalue weighted by Gasteiger charge is -2.10. The van der Waals surface area contributed by atoms with E-state index >= 15 is 0 Å². The Kier molecular flexibility index (Phi) is 2.67. The Labute approximate surface area is 96.4 Å². The predicted octanol–water partition coefficient (Wildman–Crippen LogP) is 1.81. The third-order valence-electron chi connectivity index (χ3n) is 1.90. The van der Waals surface area contributed by atoms with Crippen molar-refractivity contribution in [3.05, 3.63) is 11.1 Å². The lowest BCUT2D eigenvalue weighted by Crippen LogP contribution is -2.11. The van der Waals surface area contributed by atoms with Gasteiger partial charge in [0.25, 0.3) is 0 Å². The topological polar surface area (TPSA) is 57.7 Å². The summed E-state index contributed by atoms with van der Waals surface area (Å²) in [4.78, 5) is 17.2. The van der Waals surface area contributed by atoms with Gasteiger partial charge >= 0.3 is 0 Å². The van der Waals surface area contributed by atoms with Gasteiger partial charge in [-0.25, -0.2) is 4.98 Å². The van der Waals surface area contributed by atoms with Gasteiger partial charge in [0.1, 0.15) is 5.82 Å². The average Bonchev–Trinajstić information content (AvgIpc) is 2.58. The fourth-order valence-corrected chi connectivity index (χ4v) is 1.57. The van der Waals surface area contributed by atoms with Crippen molar-refractivity contribution in [3.63, 3.8) is 0 Å². The Morgan fingerprint density at radius 3 is 2.60 bits per heavy atom. The van der Waals surface area contributed by atoms with Gasteiger partial charge in [-0.15, -0.1) is 11.6 Å². The van der Waals surface area contributed by atoms with Crippen LogP contribution in [-0.4, -0.2) is 34.0 Å². The Bertz CT molecular complexity index is 493. The molecule has 0 aromatic carbocycles. The van der Waals surface area contributed by atoms with Crippen molar-refractivity contribution >= 4 is 40.2 Å². The largest absolute Gasteiger partial charge is 0.361 e. The minimum atomic E-state index is 0.191. The second-order valence-electron chi connectivity index (χ2n) is 3.23. The maximum Gasteiger partial charge on any atom is 0.226 e. The smallest absolute Gasteiger partial charge is 0.226 e. The van der Waals surface area contributed by atoms with Gasteiger partial charge in [0.05, 0.1) is 5.88 Å². The molecule has 5 nitrogen and oxygen atoms in total. The molecule has 0 saturated carbocycles. The van der Waals surface area contributed by atoms with E-state index in [1.807, 2.05) is 19.0 Å². The third-order valence-corrected chi connectivity index (χ3v) is 2.32. The highest BCUT2D eigenvalue weighted by Crippen LogP contribution is 2.22. The van der Waals surface area contributed by atoms with E-state index in [1.165, 1.54) is 0 Å². The van der Waals surface area contributed by atoms with Crippen LogP contribution in [0.25, 0.3) is 11.2 Å². The molecule has 0 radical (unpaired) electrons. The maximum absolute atomic E-state index is 5.79. The number of nitrogens with zero attached hydrogens (tertiary/aromatic N) is 4. The molecule has 15 heavy (non-hydrogen) atoms. The van der Waals surface area contributed by atoms with Gasteiger partial charge in [0.15, 0.2) is 17.0 Å². The van der Waals surface area contributed by atoms with Crippen LogP contribution >= 0.6 is 23.2 Å². The van der Waals surface area contributed by atoms with Gasteiger partial charge in [0.2, 0.25) is 5.28 Å². The number of aromatic nitrogens is 4. The van der Waals surface area contributed by atoms with Crippen LogP contribution in [0.2, 0.25) is 5.28 Å². The molecule has 0 unspecified atom stereocenters. The molecule has 80 valence electrons. The Hall–Kier alpha value is -1.07. The van der Waals surface area contributed by atoms with Crippen LogP contribution in [0.15, 0.2) is 0 Å². The SMILES string of the molecule is CN(C)c1nc(Cl)nc2[nH]c(CCl)nc12. The highest BCUT2D eigenvalue weighted by molar-refractivity contribution is 6.28. The van der Waals surface area contributed by atoms with E-state index in [0.717, 1.165) is 0 Å². The van der Waals surface area contributed by atoms with Crippen LogP contribution in [0.5, 0.6) is 0 Å². The summed E-state index contributed by atoms with van der Waals surface area (Å²) in [7, 11) is 3.74. The average molecular weight is 246 g/mol. The standard InChI is InChI=1S/C8H9Cl2N5/c1-15(2)7-5-6(13-8(10)14-7)12-4(3-9)11-5/h3H2,1-2H3,(H,11,12,13,14). The van der Waals surface area contributed by atoms with Crippen molar-refractivity contribution in [2.45, 2.75) is 5.88 Å². The second-order valence-corrected chi connectivity index (χ2v) is 3.83. The molecule has 0 aliphatic heterocycles. The van der Waals surface area contributed by atoms with Crippen molar-refractivity contribution in [2.24, 2.45) is 0 Å². The number of aromatic amines is 1. The first-order chi connectivity index (χ1) is 7.11. The number of anilines is 1. The number of alkyl halides is 1. The summed E-state index contributed by atoms with van der Waals surface area (Å²) in [6, 6.07) is 0. The molecule has 0 saturated heterocycles. The van der Waals surface area contributed by atoms with E-state index in [-0.39, 0.29) is 5.28 Å². The molecule has 2 rings (SSSR count). The molecule has 7 heteroatoms. The lowest BCUT2D eigenvalue weighted by molar-refractivity contribution is 1.05. The number of halogens is 2. The van der Waals surface area contributed by atoms with Crippen LogP contribution < -0.4 is 4.90 Å². The molecule has 0 atom stereocenters. The highest BCUT2D eigenvalue weighted by Gasteiger charge is 2.12. The monoisotopic (exact) mass is 245 g/mol. The number of fused-ring (bicyclic) bond motifs is 1. The van der Waals surface area contributed by atoms with E-state index in [1.54, 1.807) is 0 Å². The number of rotatable bonds is 2. The lowest BCUT2D eigenvalue weighted by atomic mass is 10.5. The molecule has 0 bridgehead atoms. The Balaban J connectivity index is 2.72. The summed E-state index contributed by atoms with van der Waals surface area (Å²) < 4.78 is 0. The molecule has 0 fully saturated rings. The third kappa shape index (κ3) is 1.85. The second kappa shape index (κ2) is 3.83. The molecular weight excluding hydrogens is 237 g/mol. The van der Waals surface area contributed by atoms with Crippen LogP contribution in [-0.2, 0) is 5.88 Å². The molecule has 2 aromatic heterocycles. The van der Waals surface area contributed by atoms with Gasteiger partial charge in [-0.05, 0) is 11.6 Å². The van der Waals surface area contributed by atoms with Crippen LogP contribution in [0.3, 0.4) is 0 Å². The quantitative estimate of drug-likeness (QED) is 0.648. The fraction of sp³-hybridized carbons (Fsp3) is 0.375. The van der Waals surface area contributed by atoms with E-state index in [4.69, 9.17) is 23.2 Å². The van der Waals surface area contributed by atoms with Crippen LogP contribution in [0, 0.1) is 0 Å². The number of hydrogen-bond acceptors (Lipinski definition) is 4. The van der Waals surface area contributed by atoms with Gasteiger partial charge < -0.3 is 9.88 Å². The summed E-state index contributed by atoms with van der Waals surface area (Å²) in [5.74, 6) is 1.64. The molecule has 0 spiro atoms. The van der Waals surface area contributed by atoms with Crippen molar-refractivity contribution in [2.75, 3.05) is 19.0 Å². The maximum atomic E-state index is 5.79. The van der Waals surface area contributed by atoms with Gasteiger partial charge in [0, 0.05) is 14.1 Å². The summed E-state index contributed by atoms with van der Waals surface area (Å²) in [6.45, 7) is 0. The van der Waals surface area contributed by atoms with Gasteiger partial charge in [-0.2, -0.15) is 9.97 Å². The summed E-state index contributed by atoms with van der Waals surface area (Å²) in [5, 5.41) is 0.191. The summed E-state index contributed by atoms with van der Waals surface area (Å²) in [5.41, 5.74) is 1.29. The first-order valence-corrected chi connectivity index (χ1v) is 5.18. The van der Waals surface area contributed by atoms with Crippen LogP contribution in [0.4, 0.5) is 5.82 Å². The van der Waals surface area contributed by atoms with E-state index in [0.29, 0.717) is 28.7 Å². The molecule has 2 heterocycles.